The van der Waals surface area contributed by atoms with E-state index in [4.69, 9.17) is 23.6 Å². The lowest BCUT2D eigenvalue weighted by Gasteiger charge is -2.20. The smallest absolute Gasteiger partial charge is 0.457 e. The highest BCUT2D eigenvalue weighted by molar-refractivity contribution is 7.47. The molecule has 9 nitrogen and oxygen atoms in total. The molecular formula is C47H87O9P. The highest BCUT2D eigenvalue weighted by atomic mass is 31.2. The molecule has 0 spiro atoms. The first-order valence-corrected chi connectivity index (χ1v) is 24.6. The normalized spacial score (nSPS) is 14.4. The van der Waals surface area contributed by atoms with Crippen molar-refractivity contribution >= 4 is 13.8 Å². The number of rotatable bonds is 44. The van der Waals surface area contributed by atoms with Crippen molar-refractivity contribution in [2.45, 2.75) is 212 Å². The zero-order valence-corrected chi connectivity index (χ0v) is 37.4. The molecule has 0 aliphatic rings. The molecule has 0 saturated heterocycles. The zero-order chi connectivity index (χ0) is 41.8. The summed E-state index contributed by atoms with van der Waals surface area (Å²) in [5.41, 5.74) is 0. The molecule has 3 unspecified atom stereocenters. The third-order valence-corrected chi connectivity index (χ3v) is 10.7. The van der Waals surface area contributed by atoms with Crippen LogP contribution >= 0.6 is 7.82 Å². The van der Waals surface area contributed by atoms with Crippen molar-refractivity contribution in [2.75, 3.05) is 33.0 Å². The van der Waals surface area contributed by atoms with Crippen molar-refractivity contribution in [1.82, 2.24) is 0 Å². The number of ether oxygens (including phenoxy) is 2. The van der Waals surface area contributed by atoms with Gasteiger partial charge in [-0.15, -0.1) is 0 Å². The standard InChI is InChI=1S/C47H87O9P/c1-3-5-7-9-11-13-15-17-19-20-21-22-23-24-25-27-29-31-33-35-37-39-47(50)56-46(44-55-57(51,52)54-42-45(49)41-48)43-53-40-38-36-34-32-30-28-26-18-16-14-12-10-8-6-4-2/h5,7,11,13,17,19,21-22,45-46,48-49H,3-4,6,8-10,12,14-16,18,20,23-44H2,1-2H3,(H,51,52)/b7-5-,13-11-,19-17-,22-21-. The molecule has 0 fully saturated rings. The third-order valence-electron chi connectivity index (χ3n) is 9.78. The summed E-state index contributed by atoms with van der Waals surface area (Å²) in [5.74, 6) is -0.389. The van der Waals surface area contributed by atoms with Gasteiger partial charge in [0.1, 0.15) is 12.2 Å². The zero-order valence-electron chi connectivity index (χ0n) is 36.6. The highest BCUT2D eigenvalue weighted by Gasteiger charge is 2.26. The molecule has 0 aliphatic heterocycles. The molecule has 3 N–H and O–H groups in total. The summed E-state index contributed by atoms with van der Waals surface area (Å²) in [6.07, 6.45) is 49.2. The fourth-order valence-corrected chi connectivity index (χ4v) is 7.08. The molecule has 0 saturated carbocycles. The minimum Gasteiger partial charge on any atom is -0.457 e. The van der Waals surface area contributed by atoms with Gasteiger partial charge in [0.05, 0.1) is 26.4 Å². The number of aliphatic hydroxyl groups is 2. The number of allylic oxidation sites excluding steroid dienone is 8. The average Bonchev–Trinajstić information content (AvgIpc) is 3.20. The topological polar surface area (TPSA) is 132 Å². The van der Waals surface area contributed by atoms with E-state index in [2.05, 4.69) is 62.5 Å². The van der Waals surface area contributed by atoms with Crippen LogP contribution in [0.25, 0.3) is 0 Å². The predicted octanol–water partition coefficient (Wildman–Crippen LogP) is 13.0. The maximum absolute atomic E-state index is 12.6. The predicted molar refractivity (Wildman–Crippen MR) is 237 cm³/mol. The molecular weight excluding hydrogens is 739 g/mol. The fourth-order valence-electron chi connectivity index (χ4n) is 6.29. The van der Waals surface area contributed by atoms with Crippen LogP contribution in [0.2, 0.25) is 0 Å². The molecule has 3 atom stereocenters. The van der Waals surface area contributed by atoms with Gasteiger partial charge in [0.15, 0.2) is 0 Å². The Balaban J connectivity index is 4.13. The Morgan fingerprint density at radius 1 is 0.561 bits per heavy atom. The molecule has 0 aromatic carbocycles. The number of carbonyl (C=O) groups excluding carboxylic acids is 1. The summed E-state index contributed by atoms with van der Waals surface area (Å²) >= 11 is 0. The number of hydrogen-bond donors (Lipinski definition) is 3. The summed E-state index contributed by atoms with van der Waals surface area (Å²) in [6.45, 7) is 3.42. The summed E-state index contributed by atoms with van der Waals surface area (Å²) in [6, 6.07) is 0. The van der Waals surface area contributed by atoms with Gasteiger partial charge in [0.25, 0.3) is 0 Å². The number of carbonyl (C=O) groups is 1. The van der Waals surface area contributed by atoms with Crippen LogP contribution in [0.1, 0.15) is 200 Å². The molecule has 0 amide bonds. The van der Waals surface area contributed by atoms with E-state index in [1.165, 1.54) is 109 Å². The minimum atomic E-state index is -4.52. The van der Waals surface area contributed by atoms with Gasteiger partial charge in [-0.25, -0.2) is 4.57 Å². The Morgan fingerprint density at radius 3 is 1.51 bits per heavy atom. The number of unbranched alkanes of at least 4 members (excludes halogenated alkanes) is 22. The minimum absolute atomic E-state index is 0.0475. The summed E-state index contributed by atoms with van der Waals surface area (Å²) in [4.78, 5) is 22.6. The second-order valence-corrected chi connectivity index (χ2v) is 16.9. The summed E-state index contributed by atoms with van der Waals surface area (Å²) < 4.78 is 33.4. The van der Waals surface area contributed by atoms with Gasteiger partial charge in [-0.2, -0.15) is 0 Å². The lowest BCUT2D eigenvalue weighted by molar-refractivity contribution is -0.154. The maximum atomic E-state index is 12.6. The van der Waals surface area contributed by atoms with E-state index >= 15 is 0 Å². The Bertz CT molecular complexity index is 1030. The number of hydrogen-bond acceptors (Lipinski definition) is 8. The van der Waals surface area contributed by atoms with Crippen LogP contribution in [0.3, 0.4) is 0 Å². The summed E-state index contributed by atoms with van der Waals surface area (Å²) in [7, 11) is -4.52. The molecule has 57 heavy (non-hydrogen) atoms. The van der Waals surface area contributed by atoms with Crippen LogP contribution < -0.4 is 0 Å². The van der Waals surface area contributed by atoms with Gasteiger partial charge in [0, 0.05) is 13.0 Å². The number of esters is 1. The maximum Gasteiger partial charge on any atom is 0.472 e. The average molecular weight is 827 g/mol. The Morgan fingerprint density at radius 2 is 1.00 bits per heavy atom. The number of phosphoric acid groups is 1. The van der Waals surface area contributed by atoms with Gasteiger partial charge in [-0.3, -0.25) is 13.8 Å². The molecule has 0 radical (unpaired) electrons. The van der Waals surface area contributed by atoms with Crippen molar-refractivity contribution in [3.8, 4) is 0 Å². The van der Waals surface area contributed by atoms with Crippen molar-refractivity contribution in [1.29, 1.82) is 0 Å². The number of phosphoric ester groups is 1. The molecule has 0 heterocycles. The van der Waals surface area contributed by atoms with Gasteiger partial charge in [-0.05, 0) is 51.4 Å². The molecule has 10 heteroatoms. The molecule has 0 rings (SSSR count). The molecule has 0 bridgehead atoms. The highest BCUT2D eigenvalue weighted by Crippen LogP contribution is 2.43. The van der Waals surface area contributed by atoms with Crippen molar-refractivity contribution in [3.05, 3.63) is 48.6 Å². The number of aliphatic hydroxyl groups excluding tert-OH is 2. The van der Waals surface area contributed by atoms with Crippen LogP contribution in [0.5, 0.6) is 0 Å². The van der Waals surface area contributed by atoms with Crippen LogP contribution in [-0.2, 0) is 27.9 Å². The van der Waals surface area contributed by atoms with Gasteiger partial charge >= 0.3 is 13.8 Å². The first-order chi connectivity index (χ1) is 27.8. The Kier molecular flexibility index (Phi) is 42.8. The van der Waals surface area contributed by atoms with E-state index < -0.39 is 33.2 Å². The van der Waals surface area contributed by atoms with Gasteiger partial charge in [0.2, 0.25) is 0 Å². The van der Waals surface area contributed by atoms with Crippen LogP contribution in [0.15, 0.2) is 48.6 Å². The summed E-state index contributed by atoms with van der Waals surface area (Å²) in [5, 5.41) is 18.4. The van der Waals surface area contributed by atoms with Gasteiger partial charge in [-0.1, -0.05) is 191 Å². The van der Waals surface area contributed by atoms with E-state index in [0.717, 1.165) is 70.6 Å². The lowest BCUT2D eigenvalue weighted by Crippen LogP contribution is -2.29. The van der Waals surface area contributed by atoms with E-state index in [9.17, 15) is 19.4 Å². The first kappa shape index (κ1) is 55.4. The largest absolute Gasteiger partial charge is 0.472 e. The van der Waals surface area contributed by atoms with Crippen LogP contribution in [-0.4, -0.2) is 66.3 Å². The van der Waals surface area contributed by atoms with Crippen LogP contribution in [0.4, 0.5) is 0 Å². The molecule has 0 aromatic rings. The Labute approximate surface area is 349 Å². The second-order valence-electron chi connectivity index (χ2n) is 15.4. The fraction of sp³-hybridized carbons (Fsp3) is 0.809. The SMILES string of the molecule is CC/C=C\C/C=C\C/C=C\C/C=C\CCCCCCCCCCC(=O)OC(COCCCCCCCCCCCCCCCCC)COP(=O)(O)OCC(O)CO. The molecule has 334 valence electrons. The molecule has 0 aromatic heterocycles. The van der Waals surface area contributed by atoms with Crippen molar-refractivity contribution < 1.29 is 43.0 Å². The molecule has 0 aliphatic carbocycles. The van der Waals surface area contributed by atoms with E-state index in [1.54, 1.807) is 0 Å². The van der Waals surface area contributed by atoms with E-state index in [-0.39, 0.29) is 25.6 Å². The lowest BCUT2D eigenvalue weighted by atomic mass is 10.0. The Hall–Kier alpha value is -1.58. The van der Waals surface area contributed by atoms with Crippen molar-refractivity contribution in [2.24, 2.45) is 0 Å². The van der Waals surface area contributed by atoms with Crippen molar-refractivity contribution in [3.63, 3.8) is 0 Å². The second kappa shape index (κ2) is 44.0. The first-order valence-electron chi connectivity index (χ1n) is 23.1. The van der Waals surface area contributed by atoms with E-state index in [1.807, 2.05) is 0 Å². The quantitative estimate of drug-likeness (QED) is 0.0238. The monoisotopic (exact) mass is 827 g/mol. The third kappa shape index (κ3) is 43.8. The van der Waals surface area contributed by atoms with E-state index in [0.29, 0.717) is 6.61 Å². The van der Waals surface area contributed by atoms with Crippen LogP contribution in [0, 0.1) is 0 Å². The van der Waals surface area contributed by atoms with Gasteiger partial charge < -0.3 is 24.6 Å².